The highest BCUT2D eigenvalue weighted by Gasteiger charge is 2.21. The molecule has 1 fully saturated rings. The Morgan fingerprint density at radius 3 is 2.82 bits per heavy atom. The molecule has 1 aliphatic rings. The Labute approximate surface area is 62.6 Å². The van der Waals surface area contributed by atoms with Crippen LogP contribution in [0, 0.1) is 0 Å². The van der Waals surface area contributed by atoms with E-state index in [9.17, 15) is 9.59 Å². The summed E-state index contributed by atoms with van der Waals surface area (Å²) in [6.07, 6.45) is 0. The number of carbonyl (C=O) groups excluding carboxylic acids is 2. The molecule has 60 valence electrons. The zero-order chi connectivity index (χ0) is 8.27. The second kappa shape index (κ2) is 3.00. The molecule has 1 heterocycles. The Morgan fingerprint density at radius 1 is 1.55 bits per heavy atom. The molecule has 0 aromatic heterocycles. The van der Waals surface area contributed by atoms with Crippen LogP contribution >= 0.6 is 0 Å². The zero-order valence-corrected chi connectivity index (χ0v) is 5.88. The van der Waals surface area contributed by atoms with Crippen molar-refractivity contribution in [1.29, 1.82) is 0 Å². The maximum atomic E-state index is 10.8. The average molecular weight is 157 g/mol. The van der Waals surface area contributed by atoms with Gasteiger partial charge in [0.2, 0.25) is 0 Å². The van der Waals surface area contributed by atoms with Crippen LogP contribution in [0.2, 0.25) is 0 Å². The summed E-state index contributed by atoms with van der Waals surface area (Å²) in [6.45, 7) is 0.110. The lowest BCUT2D eigenvalue weighted by Gasteiger charge is -2.12. The maximum Gasteiger partial charge on any atom is 0.322 e. The van der Waals surface area contributed by atoms with E-state index in [1.54, 1.807) is 0 Å². The summed E-state index contributed by atoms with van der Waals surface area (Å²) in [5.41, 5.74) is 0.159. The van der Waals surface area contributed by atoms with Crippen molar-refractivity contribution >= 4 is 17.6 Å². The highest BCUT2D eigenvalue weighted by atomic mass is 16.6. The van der Waals surface area contributed by atoms with Crippen molar-refractivity contribution in [2.75, 3.05) is 13.7 Å². The van der Waals surface area contributed by atoms with Crippen LogP contribution in [0.1, 0.15) is 0 Å². The van der Waals surface area contributed by atoms with Crippen molar-refractivity contribution in [3.8, 4) is 0 Å². The number of nitrogens with one attached hydrogen (secondary N) is 2. The van der Waals surface area contributed by atoms with Crippen molar-refractivity contribution in [3.63, 3.8) is 0 Å². The van der Waals surface area contributed by atoms with Crippen LogP contribution in [0.5, 0.6) is 0 Å². The molecular weight excluding hydrogens is 150 g/mol. The van der Waals surface area contributed by atoms with Crippen molar-refractivity contribution < 1.29 is 14.4 Å². The third-order valence-corrected chi connectivity index (χ3v) is 1.11. The first-order chi connectivity index (χ1) is 5.24. The summed E-state index contributed by atoms with van der Waals surface area (Å²) in [6, 6.07) is -0.509. The van der Waals surface area contributed by atoms with Crippen LogP contribution in [0.4, 0.5) is 4.79 Å². The van der Waals surface area contributed by atoms with E-state index in [1.807, 2.05) is 5.32 Å². The van der Waals surface area contributed by atoms with Gasteiger partial charge in [-0.15, -0.1) is 0 Å². The number of hydrogen-bond acceptors (Lipinski definition) is 4. The summed E-state index contributed by atoms with van der Waals surface area (Å²) in [4.78, 5) is 25.7. The lowest BCUT2D eigenvalue weighted by molar-refractivity contribution is -0.114. The van der Waals surface area contributed by atoms with E-state index in [0.29, 0.717) is 0 Å². The predicted molar refractivity (Wildman–Crippen MR) is 36.0 cm³/mol. The molecule has 0 bridgehead atoms. The third-order valence-electron chi connectivity index (χ3n) is 1.11. The maximum absolute atomic E-state index is 10.8. The van der Waals surface area contributed by atoms with E-state index in [4.69, 9.17) is 0 Å². The predicted octanol–water partition coefficient (Wildman–Crippen LogP) is -1.17. The number of imide groups is 1. The molecule has 0 aromatic rings. The molecule has 1 rings (SSSR count). The van der Waals surface area contributed by atoms with Gasteiger partial charge in [0.25, 0.3) is 5.91 Å². The quantitative estimate of drug-likeness (QED) is 0.470. The van der Waals surface area contributed by atoms with E-state index in [2.05, 4.69) is 15.3 Å². The molecule has 0 unspecified atom stereocenters. The van der Waals surface area contributed by atoms with E-state index in [1.165, 1.54) is 7.11 Å². The van der Waals surface area contributed by atoms with Crippen molar-refractivity contribution in [1.82, 2.24) is 10.6 Å². The Balaban J connectivity index is 2.65. The molecule has 3 amide bonds. The number of amides is 3. The molecule has 6 nitrogen and oxygen atoms in total. The highest BCUT2D eigenvalue weighted by Crippen LogP contribution is 1.85. The lowest BCUT2D eigenvalue weighted by Crippen LogP contribution is -2.52. The van der Waals surface area contributed by atoms with Crippen LogP contribution in [0.25, 0.3) is 0 Å². The summed E-state index contributed by atoms with van der Waals surface area (Å²) in [5, 5.41) is 7.77. The fourth-order valence-corrected chi connectivity index (χ4v) is 0.648. The molecule has 6 heteroatoms. The number of rotatable bonds is 1. The third kappa shape index (κ3) is 1.66. The van der Waals surface area contributed by atoms with E-state index >= 15 is 0 Å². The number of carbonyl (C=O) groups is 2. The molecule has 0 radical (unpaired) electrons. The van der Waals surface area contributed by atoms with Crippen molar-refractivity contribution in [2.24, 2.45) is 5.16 Å². The first-order valence-electron chi connectivity index (χ1n) is 2.93. The van der Waals surface area contributed by atoms with Gasteiger partial charge < -0.3 is 10.2 Å². The first kappa shape index (κ1) is 7.52. The van der Waals surface area contributed by atoms with Gasteiger partial charge in [-0.25, -0.2) is 4.79 Å². The minimum absolute atomic E-state index is 0.110. The van der Waals surface area contributed by atoms with Crippen molar-refractivity contribution in [2.45, 2.75) is 0 Å². The molecule has 0 aliphatic carbocycles. The molecule has 0 saturated carbocycles. The van der Waals surface area contributed by atoms with Gasteiger partial charge >= 0.3 is 6.03 Å². The number of urea groups is 1. The summed E-state index contributed by atoms with van der Waals surface area (Å²) in [7, 11) is 1.33. The molecule has 1 saturated heterocycles. The topological polar surface area (TPSA) is 79.8 Å². The normalized spacial score (nSPS) is 21.0. The van der Waals surface area contributed by atoms with Gasteiger partial charge in [-0.1, -0.05) is 5.16 Å². The van der Waals surface area contributed by atoms with E-state index in [0.717, 1.165) is 0 Å². The van der Waals surface area contributed by atoms with Crippen LogP contribution in [-0.4, -0.2) is 31.3 Å². The van der Waals surface area contributed by atoms with Crippen molar-refractivity contribution in [3.05, 3.63) is 0 Å². The molecule has 0 atom stereocenters. The Hall–Kier alpha value is -1.59. The molecule has 11 heavy (non-hydrogen) atoms. The average Bonchev–Trinajstić information content (AvgIpc) is 1.95. The Bertz CT molecular complexity index is 223. The van der Waals surface area contributed by atoms with Gasteiger partial charge in [0.05, 0.1) is 6.54 Å². The highest BCUT2D eigenvalue weighted by molar-refractivity contribution is 6.43. The smallest absolute Gasteiger partial charge is 0.322 e. The summed E-state index contributed by atoms with van der Waals surface area (Å²) >= 11 is 0. The molecular formula is C5H7N3O3. The van der Waals surface area contributed by atoms with Gasteiger partial charge in [0.15, 0.2) is 5.71 Å². The molecule has 0 aromatic carbocycles. The first-order valence-corrected chi connectivity index (χ1v) is 2.93. The molecule has 2 N–H and O–H groups in total. The lowest BCUT2D eigenvalue weighted by atomic mass is 10.3. The summed E-state index contributed by atoms with van der Waals surface area (Å²) in [5.74, 6) is -0.518. The van der Waals surface area contributed by atoms with E-state index in [-0.39, 0.29) is 12.3 Å². The minimum Gasteiger partial charge on any atom is -0.399 e. The zero-order valence-electron chi connectivity index (χ0n) is 5.88. The van der Waals surface area contributed by atoms with Gasteiger partial charge in [-0.05, 0) is 0 Å². The molecule has 0 spiro atoms. The van der Waals surface area contributed by atoms with Gasteiger partial charge in [0, 0.05) is 0 Å². The minimum atomic E-state index is -0.518. The fourth-order valence-electron chi connectivity index (χ4n) is 0.648. The van der Waals surface area contributed by atoms with Crippen LogP contribution in [-0.2, 0) is 9.63 Å². The second-order valence-corrected chi connectivity index (χ2v) is 1.86. The Kier molecular flexibility index (Phi) is 2.05. The largest absolute Gasteiger partial charge is 0.399 e. The van der Waals surface area contributed by atoms with Gasteiger partial charge in [-0.2, -0.15) is 0 Å². The Morgan fingerprint density at radius 2 is 2.27 bits per heavy atom. The monoisotopic (exact) mass is 157 g/mol. The van der Waals surface area contributed by atoms with Crippen LogP contribution in [0.3, 0.4) is 0 Å². The second-order valence-electron chi connectivity index (χ2n) is 1.86. The van der Waals surface area contributed by atoms with Crippen LogP contribution in [0.15, 0.2) is 5.16 Å². The van der Waals surface area contributed by atoms with Crippen LogP contribution < -0.4 is 10.6 Å². The van der Waals surface area contributed by atoms with Gasteiger partial charge in [-0.3, -0.25) is 10.1 Å². The SMILES string of the molecule is CON=C1CNC(=O)NC1=O. The number of nitrogens with zero attached hydrogens (tertiary/aromatic N) is 1. The number of oxime groups is 1. The standard InChI is InChI=1S/C5H7N3O3/c1-11-8-3-2-6-5(10)7-4(3)9/h2H2,1H3,(H2,6,7,9,10). The number of hydrogen-bond donors (Lipinski definition) is 2. The fraction of sp³-hybridized carbons (Fsp3) is 0.400. The summed E-state index contributed by atoms with van der Waals surface area (Å²) < 4.78 is 0. The molecule has 1 aliphatic heterocycles. The van der Waals surface area contributed by atoms with E-state index < -0.39 is 11.9 Å². The van der Waals surface area contributed by atoms with Gasteiger partial charge in [0.1, 0.15) is 7.11 Å².